The molecule has 4 nitrogen and oxygen atoms in total. The predicted molar refractivity (Wildman–Crippen MR) is 45.5 cm³/mol. The van der Waals surface area contributed by atoms with Crippen LogP contribution < -0.4 is 0 Å². The minimum atomic E-state index is -0.866. The first-order chi connectivity index (χ1) is 5.52. The lowest BCUT2D eigenvalue weighted by Crippen LogP contribution is -2.03. The third-order valence-electron chi connectivity index (χ3n) is 1.21. The molecule has 0 saturated carbocycles. The Bertz CT molecular complexity index is 208. The summed E-state index contributed by atoms with van der Waals surface area (Å²) in [6, 6.07) is 0. The Kier molecular flexibility index (Phi) is 4.92. The van der Waals surface area contributed by atoms with Gasteiger partial charge in [0.15, 0.2) is 0 Å². The van der Waals surface area contributed by atoms with Crippen molar-refractivity contribution in [2.45, 2.75) is 26.7 Å². The van der Waals surface area contributed by atoms with Gasteiger partial charge in [0.05, 0.1) is 6.42 Å². The number of hydrogen-bond donors (Lipinski definition) is 1. The molecule has 0 aromatic carbocycles. The Morgan fingerprint density at radius 3 is 2.33 bits per heavy atom. The lowest BCUT2D eigenvalue weighted by molar-refractivity contribution is -0.136. The van der Waals surface area contributed by atoms with E-state index in [1.807, 2.05) is 0 Å². The Morgan fingerprint density at radius 2 is 1.92 bits per heavy atom. The molecule has 0 radical (unpaired) electrons. The molecule has 0 aromatic heterocycles. The van der Waals surface area contributed by atoms with Gasteiger partial charge in [-0.25, -0.2) is 0 Å². The maximum Gasteiger partial charge on any atom is 0.305 e. The van der Waals surface area contributed by atoms with Gasteiger partial charge in [-0.3, -0.25) is 14.6 Å². The number of hydrogen-bond acceptors (Lipinski definition) is 3. The van der Waals surface area contributed by atoms with Crippen molar-refractivity contribution in [3.63, 3.8) is 0 Å². The van der Waals surface area contributed by atoms with Crippen molar-refractivity contribution in [3.05, 3.63) is 0 Å². The van der Waals surface area contributed by atoms with Crippen LogP contribution in [0.5, 0.6) is 0 Å². The van der Waals surface area contributed by atoms with Gasteiger partial charge in [0, 0.05) is 18.7 Å². The van der Waals surface area contributed by atoms with Crippen molar-refractivity contribution in [2.75, 3.05) is 6.54 Å². The molecule has 0 atom stereocenters. The van der Waals surface area contributed by atoms with E-state index in [4.69, 9.17) is 5.11 Å². The second-order valence-electron chi connectivity index (χ2n) is 2.64. The number of aliphatic imine (C=N–C) groups is 1. The molecule has 0 amide bonds. The van der Waals surface area contributed by atoms with Gasteiger partial charge in [-0.2, -0.15) is 0 Å². The Morgan fingerprint density at radius 1 is 1.33 bits per heavy atom. The zero-order chi connectivity index (χ0) is 9.56. The molecule has 0 bridgehead atoms. The van der Waals surface area contributed by atoms with E-state index in [0.717, 1.165) is 0 Å². The van der Waals surface area contributed by atoms with Crippen LogP contribution in [-0.4, -0.2) is 29.1 Å². The summed E-state index contributed by atoms with van der Waals surface area (Å²) in [4.78, 5) is 24.5. The summed E-state index contributed by atoms with van der Waals surface area (Å²) in [6.45, 7) is 3.47. The van der Waals surface area contributed by atoms with Crippen molar-refractivity contribution in [1.29, 1.82) is 0 Å². The summed E-state index contributed by atoms with van der Waals surface area (Å²) < 4.78 is 0. The summed E-state index contributed by atoms with van der Waals surface area (Å²) in [5.74, 6) is -0.819. The number of aliphatic carboxylic acids is 1. The normalized spacial score (nSPS) is 11.3. The summed E-state index contributed by atoms with van der Waals surface area (Å²) in [7, 11) is 0. The molecular weight excluding hydrogens is 158 g/mol. The third-order valence-corrected chi connectivity index (χ3v) is 1.21. The van der Waals surface area contributed by atoms with Crippen LogP contribution in [-0.2, 0) is 9.59 Å². The van der Waals surface area contributed by atoms with E-state index >= 15 is 0 Å². The highest BCUT2D eigenvalue weighted by Crippen LogP contribution is 1.90. The first-order valence-electron chi connectivity index (χ1n) is 3.73. The van der Waals surface area contributed by atoms with E-state index in [1.165, 1.54) is 6.92 Å². The van der Waals surface area contributed by atoms with Gasteiger partial charge < -0.3 is 5.11 Å². The summed E-state index contributed by atoms with van der Waals surface area (Å²) in [5, 5.41) is 8.27. The molecule has 0 aliphatic rings. The topological polar surface area (TPSA) is 66.7 Å². The van der Waals surface area contributed by atoms with Crippen molar-refractivity contribution in [3.8, 4) is 0 Å². The van der Waals surface area contributed by atoms with Gasteiger partial charge in [-0.15, -0.1) is 0 Å². The van der Waals surface area contributed by atoms with Crippen molar-refractivity contribution in [1.82, 2.24) is 0 Å². The Hall–Kier alpha value is -1.19. The minimum absolute atomic E-state index is 0.0231. The molecule has 68 valence electrons. The number of carbonyl (C=O) groups is 2. The standard InChI is InChI=1S/C8H13NO3/c1-6(5-7(2)10)9-4-3-8(11)12/h3-5H2,1-2H3,(H,11,12). The summed E-state index contributed by atoms with van der Waals surface area (Å²) >= 11 is 0. The zero-order valence-electron chi connectivity index (χ0n) is 7.33. The van der Waals surface area contributed by atoms with E-state index in [2.05, 4.69) is 4.99 Å². The predicted octanol–water partition coefficient (Wildman–Crippen LogP) is 0.901. The van der Waals surface area contributed by atoms with Gasteiger partial charge in [0.1, 0.15) is 5.78 Å². The van der Waals surface area contributed by atoms with E-state index in [0.29, 0.717) is 12.1 Å². The average Bonchev–Trinajstić information content (AvgIpc) is 1.84. The van der Waals surface area contributed by atoms with Crippen LogP contribution in [0.15, 0.2) is 4.99 Å². The molecule has 0 aliphatic heterocycles. The third kappa shape index (κ3) is 6.92. The lowest BCUT2D eigenvalue weighted by atomic mass is 10.2. The maximum absolute atomic E-state index is 10.6. The largest absolute Gasteiger partial charge is 0.481 e. The van der Waals surface area contributed by atoms with Crippen molar-refractivity contribution < 1.29 is 14.7 Å². The number of nitrogens with zero attached hydrogens (tertiary/aromatic N) is 1. The van der Waals surface area contributed by atoms with E-state index in [-0.39, 0.29) is 18.7 Å². The molecule has 0 heterocycles. The molecular formula is C8H13NO3. The number of ketones is 1. The quantitative estimate of drug-likeness (QED) is 0.625. The molecule has 0 aromatic rings. The number of carbonyl (C=O) groups excluding carboxylic acids is 1. The first-order valence-corrected chi connectivity index (χ1v) is 3.73. The number of rotatable bonds is 5. The summed E-state index contributed by atoms with van der Waals surface area (Å²) in [6.07, 6.45) is 0.342. The molecule has 0 saturated heterocycles. The monoisotopic (exact) mass is 171 g/mol. The lowest BCUT2D eigenvalue weighted by Gasteiger charge is -1.95. The van der Waals surface area contributed by atoms with Crippen LogP contribution in [0.1, 0.15) is 26.7 Å². The average molecular weight is 171 g/mol. The fraction of sp³-hybridized carbons (Fsp3) is 0.625. The first kappa shape index (κ1) is 10.8. The van der Waals surface area contributed by atoms with E-state index in [9.17, 15) is 9.59 Å². The maximum atomic E-state index is 10.6. The molecule has 0 unspecified atom stereocenters. The second kappa shape index (κ2) is 5.46. The molecule has 0 rings (SSSR count). The van der Waals surface area contributed by atoms with Gasteiger partial charge in [0.25, 0.3) is 0 Å². The zero-order valence-corrected chi connectivity index (χ0v) is 7.33. The number of Topliss-reactive ketones (excluding diaryl/α,β-unsaturated/α-hetero) is 1. The van der Waals surface area contributed by atoms with Crippen LogP contribution in [0.2, 0.25) is 0 Å². The van der Waals surface area contributed by atoms with E-state index in [1.54, 1.807) is 6.92 Å². The van der Waals surface area contributed by atoms with Crippen LogP contribution in [0.25, 0.3) is 0 Å². The highest BCUT2D eigenvalue weighted by Gasteiger charge is 1.97. The number of carboxylic acid groups (broad SMARTS) is 1. The van der Waals surface area contributed by atoms with E-state index < -0.39 is 5.97 Å². The molecule has 1 N–H and O–H groups in total. The summed E-state index contributed by atoms with van der Waals surface area (Å²) in [5.41, 5.74) is 0.698. The van der Waals surface area contributed by atoms with Gasteiger partial charge in [-0.1, -0.05) is 0 Å². The van der Waals surface area contributed by atoms with Crippen LogP contribution in [0.4, 0.5) is 0 Å². The SMILES string of the molecule is CC(=O)CC(C)=NCCC(=O)O. The molecule has 0 spiro atoms. The molecule has 0 fully saturated rings. The smallest absolute Gasteiger partial charge is 0.305 e. The van der Waals surface area contributed by atoms with Crippen LogP contribution in [0.3, 0.4) is 0 Å². The fourth-order valence-electron chi connectivity index (χ4n) is 0.759. The second-order valence-corrected chi connectivity index (χ2v) is 2.64. The Balaban J connectivity index is 3.69. The van der Waals surface area contributed by atoms with Gasteiger partial charge >= 0.3 is 5.97 Å². The van der Waals surface area contributed by atoms with Crippen LogP contribution >= 0.6 is 0 Å². The highest BCUT2D eigenvalue weighted by molar-refractivity contribution is 5.99. The molecule has 0 aliphatic carbocycles. The van der Waals surface area contributed by atoms with Crippen molar-refractivity contribution >= 4 is 17.5 Å². The highest BCUT2D eigenvalue weighted by atomic mass is 16.4. The minimum Gasteiger partial charge on any atom is -0.481 e. The molecule has 12 heavy (non-hydrogen) atoms. The Labute approximate surface area is 71.3 Å². The molecule has 4 heteroatoms. The van der Waals surface area contributed by atoms with Gasteiger partial charge in [0.2, 0.25) is 0 Å². The van der Waals surface area contributed by atoms with Gasteiger partial charge in [-0.05, 0) is 13.8 Å². The number of carboxylic acids is 1. The van der Waals surface area contributed by atoms with Crippen LogP contribution in [0, 0.1) is 0 Å². The fourth-order valence-corrected chi connectivity index (χ4v) is 0.759. The van der Waals surface area contributed by atoms with Crippen molar-refractivity contribution in [2.24, 2.45) is 4.99 Å².